The van der Waals surface area contributed by atoms with E-state index in [1.165, 1.54) is 32.1 Å². The molecule has 0 spiro atoms. The second kappa shape index (κ2) is 8.43. The van der Waals surface area contributed by atoms with Crippen LogP contribution in [-0.2, 0) is 10.9 Å². The van der Waals surface area contributed by atoms with E-state index in [0.717, 1.165) is 5.69 Å². The van der Waals surface area contributed by atoms with Crippen LogP contribution in [0, 0.1) is 0 Å². The molecule has 0 bridgehead atoms. The first-order valence-corrected chi connectivity index (χ1v) is 9.69. The van der Waals surface area contributed by atoms with Crippen molar-refractivity contribution in [2.24, 2.45) is 0 Å². The number of hydrogen-bond acceptors (Lipinski definition) is 2. The zero-order valence-electron chi connectivity index (χ0n) is 9.21. The monoisotopic (exact) mass is 341 g/mol. The van der Waals surface area contributed by atoms with Crippen LogP contribution in [-0.4, -0.2) is 10.1 Å². The van der Waals surface area contributed by atoms with Gasteiger partial charge in [0.05, 0.1) is 5.69 Å². The first kappa shape index (κ1) is 15.4. The third-order valence-corrected chi connectivity index (χ3v) is 2.81. The van der Waals surface area contributed by atoms with Gasteiger partial charge in [-0.25, -0.2) is 0 Å². The first-order chi connectivity index (χ1) is 8.11. The van der Waals surface area contributed by atoms with Crippen molar-refractivity contribution in [3.63, 3.8) is 0 Å². The van der Waals surface area contributed by atoms with Crippen molar-refractivity contribution in [3.8, 4) is 5.75 Å². The summed E-state index contributed by atoms with van der Waals surface area (Å²) in [5.74, 6) is 0.865. The number of rotatable bonds is 1. The Labute approximate surface area is 119 Å². The van der Waals surface area contributed by atoms with E-state index in [-0.39, 0.29) is 0 Å². The zero-order chi connectivity index (χ0) is 12.7. The molecule has 0 saturated heterocycles. The molecule has 1 aromatic rings. The fourth-order valence-corrected chi connectivity index (χ4v) is 2.10. The molecular weight excluding hydrogens is 327 g/mol. The van der Waals surface area contributed by atoms with Gasteiger partial charge in [-0.3, -0.25) is 4.98 Å². The molecule has 1 N–H and O–H groups in total. The molecule has 0 unspecified atom stereocenters. The van der Waals surface area contributed by atoms with E-state index < -0.39 is 10.9 Å². The second-order valence-corrected chi connectivity index (χ2v) is 9.04. The van der Waals surface area contributed by atoms with Crippen LogP contribution in [0.3, 0.4) is 0 Å². The van der Waals surface area contributed by atoms with Gasteiger partial charge in [-0.2, -0.15) is 0 Å². The summed E-state index contributed by atoms with van der Waals surface area (Å²) in [6.45, 7) is 0. The molecule has 0 aliphatic heterocycles. The van der Waals surface area contributed by atoms with Crippen molar-refractivity contribution in [1.82, 2.24) is 4.98 Å². The predicted molar refractivity (Wildman–Crippen MR) is 69.3 cm³/mol. The van der Waals surface area contributed by atoms with Crippen LogP contribution < -0.4 is 0 Å². The molecule has 0 radical (unpaired) electrons. The van der Waals surface area contributed by atoms with E-state index >= 15 is 0 Å². The first-order valence-electron chi connectivity index (χ1n) is 5.39. The van der Waals surface area contributed by atoms with Gasteiger partial charge in [-0.1, -0.05) is 19.3 Å². The van der Waals surface area contributed by atoms with Crippen LogP contribution in [0.5, 0.6) is 5.75 Å². The fraction of sp³-hybridized carbons (Fsp3) is 0.545. The molecule has 0 aromatic carbocycles. The summed E-state index contributed by atoms with van der Waals surface area (Å²) in [5, 5.41) is 9.60. The molecule has 2 nitrogen and oxygen atoms in total. The van der Waals surface area contributed by atoms with Crippen molar-refractivity contribution < 1.29 is 16.1 Å². The van der Waals surface area contributed by atoms with Gasteiger partial charge in [0, 0.05) is 12.1 Å². The molecule has 2 rings (SSSR count). The van der Waals surface area contributed by atoms with Gasteiger partial charge < -0.3 is 5.11 Å². The molecule has 0 amide bonds. The maximum atomic E-state index is 9.60. The maximum absolute atomic E-state index is 9.60. The van der Waals surface area contributed by atoms with Gasteiger partial charge >= 0.3 is 41.4 Å². The Balaban J connectivity index is 0.000000317. The summed E-state index contributed by atoms with van der Waals surface area (Å²) in [6, 6.07) is 3.51. The molecule has 1 aliphatic rings. The summed E-state index contributed by atoms with van der Waals surface area (Å²) >= 11 is 0. The number of pyridine rings is 1. The average Bonchev–Trinajstić information content (AvgIpc) is 2.30. The zero-order valence-corrected chi connectivity index (χ0v) is 12.5. The molecule has 1 fully saturated rings. The van der Waals surface area contributed by atoms with Crippen LogP contribution >= 0.6 is 30.4 Å². The minimum atomic E-state index is -1.19. The SMILES string of the molecule is Oc1cccnc1C1CCCCC1.[Cl][Co]([Cl])[Cl]. The van der Waals surface area contributed by atoms with E-state index in [1.54, 1.807) is 18.3 Å². The number of aromatic hydroxyl groups is 1. The molecule has 6 heteroatoms. The summed E-state index contributed by atoms with van der Waals surface area (Å²) in [7, 11) is 13.4. The standard InChI is InChI=1S/C11H15NO.3ClH.Co/c13-10-7-4-8-12-11(10)9-5-2-1-3-6-9;;;;/h4,7-9,13H,1-3,5-6H2;3*1H;/q;;;;+3/p-3. The molecule has 100 valence electrons. The van der Waals surface area contributed by atoms with Gasteiger partial charge in [-0.05, 0) is 25.0 Å². The van der Waals surface area contributed by atoms with Gasteiger partial charge in [0.1, 0.15) is 5.75 Å². The normalized spacial score (nSPS) is 17.0. The quantitative estimate of drug-likeness (QED) is 0.787. The van der Waals surface area contributed by atoms with Gasteiger partial charge in [0.15, 0.2) is 0 Å². The average molecular weight is 343 g/mol. The number of aromatic nitrogens is 1. The molecular formula is C11H15Cl3CoNO. The molecule has 1 heterocycles. The van der Waals surface area contributed by atoms with Crippen molar-refractivity contribution in [2.45, 2.75) is 38.0 Å². The van der Waals surface area contributed by atoms with Crippen molar-refractivity contribution in [1.29, 1.82) is 0 Å². The van der Waals surface area contributed by atoms with Crippen LogP contribution in [0.25, 0.3) is 0 Å². The molecule has 17 heavy (non-hydrogen) atoms. The van der Waals surface area contributed by atoms with Crippen molar-refractivity contribution in [2.75, 3.05) is 0 Å². The van der Waals surface area contributed by atoms with Crippen LogP contribution in [0.1, 0.15) is 43.7 Å². The van der Waals surface area contributed by atoms with Crippen LogP contribution in [0.2, 0.25) is 0 Å². The Morgan fingerprint density at radius 3 is 2.29 bits per heavy atom. The molecule has 1 aliphatic carbocycles. The number of nitrogens with zero attached hydrogens (tertiary/aromatic N) is 1. The summed E-state index contributed by atoms with van der Waals surface area (Å²) < 4.78 is 0. The molecule has 0 atom stereocenters. The second-order valence-electron chi connectivity index (χ2n) is 3.89. The third kappa shape index (κ3) is 6.16. The summed E-state index contributed by atoms with van der Waals surface area (Å²) in [5.41, 5.74) is 0.905. The Morgan fingerprint density at radius 2 is 1.76 bits per heavy atom. The van der Waals surface area contributed by atoms with E-state index in [1.807, 2.05) is 0 Å². The van der Waals surface area contributed by atoms with Crippen LogP contribution in [0.4, 0.5) is 0 Å². The van der Waals surface area contributed by atoms with Gasteiger partial charge in [-0.15, -0.1) is 0 Å². The Bertz CT molecular complexity index is 329. The predicted octanol–water partition coefficient (Wildman–Crippen LogP) is 4.90. The number of hydrogen-bond donors (Lipinski definition) is 1. The Hall–Kier alpha value is 0.326. The Kier molecular flexibility index (Phi) is 7.63. The topological polar surface area (TPSA) is 33.1 Å². The number of halogens is 3. The minimum absolute atomic E-state index is 0.370. The van der Waals surface area contributed by atoms with E-state index in [9.17, 15) is 5.11 Å². The summed E-state index contributed by atoms with van der Waals surface area (Å²) in [6.07, 6.45) is 8.03. The van der Waals surface area contributed by atoms with Crippen molar-refractivity contribution >= 4 is 30.4 Å². The molecule has 1 saturated carbocycles. The third-order valence-electron chi connectivity index (χ3n) is 2.81. The summed E-state index contributed by atoms with van der Waals surface area (Å²) in [4.78, 5) is 4.25. The fourth-order valence-electron chi connectivity index (χ4n) is 2.10. The van der Waals surface area contributed by atoms with Gasteiger partial charge in [0.2, 0.25) is 0 Å². The Morgan fingerprint density at radius 1 is 1.18 bits per heavy atom. The van der Waals surface area contributed by atoms with E-state index in [4.69, 9.17) is 30.4 Å². The van der Waals surface area contributed by atoms with E-state index in [0.29, 0.717) is 11.7 Å². The van der Waals surface area contributed by atoms with E-state index in [2.05, 4.69) is 4.98 Å². The van der Waals surface area contributed by atoms with Gasteiger partial charge in [0.25, 0.3) is 0 Å². The molecule has 1 aromatic heterocycles. The van der Waals surface area contributed by atoms with Crippen molar-refractivity contribution in [3.05, 3.63) is 24.0 Å². The van der Waals surface area contributed by atoms with Crippen LogP contribution in [0.15, 0.2) is 18.3 Å².